The quantitative estimate of drug-likeness (QED) is 0.739. The van der Waals surface area contributed by atoms with Crippen molar-refractivity contribution in [1.29, 1.82) is 0 Å². The van der Waals surface area contributed by atoms with Crippen LogP contribution >= 0.6 is 0 Å². The van der Waals surface area contributed by atoms with E-state index in [0.29, 0.717) is 46.7 Å². The van der Waals surface area contributed by atoms with Gasteiger partial charge in [0.25, 0.3) is 11.6 Å². The Hall–Kier alpha value is -2.80. The summed E-state index contributed by atoms with van der Waals surface area (Å²) < 4.78 is 18.7. The van der Waals surface area contributed by atoms with Gasteiger partial charge in [0.2, 0.25) is 0 Å². The SMILES string of the molecule is Cc1noc2nc(-c3ccc(F)cc3)cc(C(=O)N3CCC4CCC(C3)N4)c12. The lowest BCUT2D eigenvalue weighted by Crippen LogP contribution is -2.39. The van der Waals surface area contributed by atoms with Gasteiger partial charge in [0.1, 0.15) is 5.82 Å². The molecule has 0 spiro atoms. The second-order valence-electron chi connectivity index (χ2n) is 7.69. The van der Waals surface area contributed by atoms with Gasteiger partial charge in [-0.25, -0.2) is 9.37 Å². The lowest BCUT2D eigenvalue weighted by atomic mass is 10.0. The number of amides is 1. The molecule has 7 heteroatoms. The van der Waals surface area contributed by atoms with Crippen LogP contribution in [0.3, 0.4) is 0 Å². The lowest BCUT2D eigenvalue weighted by molar-refractivity contribution is 0.0750. The molecule has 2 bridgehead atoms. The summed E-state index contributed by atoms with van der Waals surface area (Å²) in [4.78, 5) is 19.9. The molecule has 2 atom stereocenters. The third-order valence-electron chi connectivity index (χ3n) is 5.80. The van der Waals surface area contributed by atoms with Crippen molar-refractivity contribution in [2.75, 3.05) is 13.1 Å². The summed E-state index contributed by atoms with van der Waals surface area (Å²) in [5.41, 5.74) is 2.81. The molecule has 5 rings (SSSR count). The lowest BCUT2D eigenvalue weighted by Gasteiger charge is -2.24. The molecule has 6 nitrogen and oxygen atoms in total. The predicted molar refractivity (Wildman–Crippen MR) is 102 cm³/mol. The Labute approximate surface area is 161 Å². The Bertz CT molecular complexity index is 1050. The number of hydrogen-bond donors (Lipinski definition) is 1. The second kappa shape index (κ2) is 6.67. The topological polar surface area (TPSA) is 71.3 Å². The zero-order valence-corrected chi connectivity index (χ0v) is 15.6. The van der Waals surface area contributed by atoms with Crippen molar-refractivity contribution in [2.24, 2.45) is 0 Å². The molecule has 2 unspecified atom stereocenters. The van der Waals surface area contributed by atoms with Gasteiger partial charge in [0.15, 0.2) is 0 Å². The Kier molecular flexibility index (Phi) is 4.12. The Balaban J connectivity index is 1.58. The van der Waals surface area contributed by atoms with Crippen molar-refractivity contribution in [3.8, 4) is 11.3 Å². The van der Waals surface area contributed by atoms with Crippen molar-refractivity contribution in [3.63, 3.8) is 0 Å². The number of benzene rings is 1. The average Bonchev–Trinajstić information content (AvgIpc) is 3.23. The minimum absolute atomic E-state index is 0.0311. The molecule has 1 amide bonds. The minimum atomic E-state index is -0.316. The van der Waals surface area contributed by atoms with Crippen LogP contribution in [0.15, 0.2) is 34.9 Å². The highest BCUT2D eigenvalue weighted by Gasteiger charge is 2.32. The maximum atomic E-state index is 13.5. The normalized spacial score (nSPS) is 21.9. The molecular weight excluding hydrogens is 359 g/mol. The molecule has 1 aromatic carbocycles. The number of pyridine rings is 1. The Morgan fingerprint density at radius 1 is 1.21 bits per heavy atom. The summed E-state index contributed by atoms with van der Waals surface area (Å²) in [5.74, 6) is -0.347. The number of fused-ring (bicyclic) bond motifs is 3. The number of halogens is 1. The maximum absolute atomic E-state index is 13.5. The number of aryl methyl sites for hydroxylation is 1. The van der Waals surface area contributed by atoms with E-state index in [2.05, 4.69) is 15.5 Å². The van der Waals surface area contributed by atoms with Crippen LogP contribution in [0.1, 0.15) is 35.3 Å². The largest absolute Gasteiger partial charge is 0.337 e. The van der Waals surface area contributed by atoms with E-state index >= 15 is 0 Å². The van der Waals surface area contributed by atoms with Gasteiger partial charge in [0, 0.05) is 30.7 Å². The molecule has 2 fully saturated rings. The molecule has 1 N–H and O–H groups in total. The summed E-state index contributed by atoms with van der Waals surface area (Å²) in [7, 11) is 0. The van der Waals surface area contributed by atoms with Crippen LogP contribution < -0.4 is 5.32 Å². The van der Waals surface area contributed by atoms with Crippen LogP contribution in [0.4, 0.5) is 4.39 Å². The molecule has 144 valence electrons. The van der Waals surface area contributed by atoms with Crippen LogP contribution in [-0.4, -0.2) is 46.1 Å². The predicted octanol–water partition coefficient (Wildman–Crippen LogP) is 3.30. The van der Waals surface area contributed by atoms with Gasteiger partial charge in [-0.1, -0.05) is 5.16 Å². The molecule has 28 heavy (non-hydrogen) atoms. The molecule has 0 radical (unpaired) electrons. The number of aromatic nitrogens is 2. The molecule has 2 aliphatic heterocycles. The third-order valence-corrected chi connectivity index (χ3v) is 5.80. The van der Waals surface area contributed by atoms with Gasteiger partial charge in [-0.15, -0.1) is 0 Å². The van der Waals surface area contributed by atoms with E-state index in [0.717, 1.165) is 24.9 Å². The molecule has 0 aliphatic carbocycles. The fourth-order valence-corrected chi connectivity index (χ4v) is 4.33. The van der Waals surface area contributed by atoms with Crippen LogP contribution in [0.25, 0.3) is 22.4 Å². The number of nitrogens with one attached hydrogen (secondary N) is 1. The van der Waals surface area contributed by atoms with Crippen molar-refractivity contribution in [1.82, 2.24) is 20.4 Å². The van der Waals surface area contributed by atoms with Crippen LogP contribution in [0.2, 0.25) is 0 Å². The van der Waals surface area contributed by atoms with Crippen LogP contribution in [0.5, 0.6) is 0 Å². The van der Waals surface area contributed by atoms with E-state index in [1.807, 2.05) is 11.8 Å². The molecular formula is C21H21FN4O2. The summed E-state index contributed by atoms with van der Waals surface area (Å²) in [6.45, 7) is 3.25. The number of carbonyl (C=O) groups is 1. The summed E-state index contributed by atoms with van der Waals surface area (Å²) >= 11 is 0. The van der Waals surface area contributed by atoms with Crippen molar-refractivity contribution >= 4 is 17.0 Å². The van der Waals surface area contributed by atoms with E-state index < -0.39 is 0 Å². The van der Waals surface area contributed by atoms with E-state index in [-0.39, 0.29) is 11.7 Å². The first-order chi connectivity index (χ1) is 13.6. The number of rotatable bonds is 2. The molecule has 2 aromatic heterocycles. The van der Waals surface area contributed by atoms with Crippen LogP contribution in [0, 0.1) is 12.7 Å². The van der Waals surface area contributed by atoms with Crippen LogP contribution in [-0.2, 0) is 0 Å². The first kappa shape index (κ1) is 17.3. The van der Waals surface area contributed by atoms with Crippen molar-refractivity contribution < 1.29 is 13.7 Å². The number of likely N-dealkylation sites (tertiary alicyclic amines) is 1. The smallest absolute Gasteiger partial charge is 0.259 e. The number of carbonyl (C=O) groups excluding carboxylic acids is 1. The average molecular weight is 380 g/mol. The van der Waals surface area contributed by atoms with Gasteiger partial charge in [-0.2, -0.15) is 0 Å². The zero-order chi connectivity index (χ0) is 19.3. The zero-order valence-electron chi connectivity index (χ0n) is 15.6. The summed E-state index contributed by atoms with van der Waals surface area (Å²) in [6, 6.07) is 8.70. The minimum Gasteiger partial charge on any atom is -0.337 e. The highest BCUT2D eigenvalue weighted by Crippen LogP contribution is 2.29. The van der Waals surface area contributed by atoms with Crippen molar-refractivity contribution in [3.05, 3.63) is 47.4 Å². The monoisotopic (exact) mass is 380 g/mol. The maximum Gasteiger partial charge on any atom is 0.259 e. The third kappa shape index (κ3) is 2.96. The Morgan fingerprint density at radius 2 is 2.00 bits per heavy atom. The van der Waals surface area contributed by atoms with Gasteiger partial charge in [-0.05, 0) is 56.5 Å². The van der Waals surface area contributed by atoms with Gasteiger partial charge in [0.05, 0.1) is 22.3 Å². The number of nitrogens with zero attached hydrogens (tertiary/aromatic N) is 3. The Morgan fingerprint density at radius 3 is 2.82 bits per heavy atom. The molecule has 2 saturated heterocycles. The van der Waals surface area contributed by atoms with Crippen molar-refractivity contribution in [2.45, 2.75) is 38.3 Å². The van der Waals surface area contributed by atoms with Gasteiger partial charge in [-0.3, -0.25) is 4.79 Å². The van der Waals surface area contributed by atoms with E-state index in [1.165, 1.54) is 18.6 Å². The number of hydrogen-bond acceptors (Lipinski definition) is 5. The highest BCUT2D eigenvalue weighted by atomic mass is 19.1. The first-order valence-corrected chi connectivity index (χ1v) is 9.67. The fraction of sp³-hybridized carbons (Fsp3) is 0.381. The molecule has 3 aromatic rings. The van der Waals surface area contributed by atoms with E-state index in [1.54, 1.807) is 18.2 Å². The van der Waals surface area contributed by atoms with E-state index in [9.17, 15) is 9.18 Å². The fourth-order valence-electron chi connectivity index (χ4n) is 4.33. The summed E-state index contributed by atoms with van der Waals surface area (Å²) in [5, 5.41) is 8.26. The molecule has 4 heterocycles. The van der Waals surface area contributed by atoms with E-state index in [4.69, 9.17) is 4.52 Å². The van der Waals surface area contributed by atoms with Gasteiger partial charge >= 0.3 is 0 Å². The standard InChI is InChI=1S/C21H21FN4O2/c1-12-19-17(21(27)26-9-8-15-6-7-16(11-26)23-15)10-18(24-20(19)28-25-12)13-2-4-14(22)5-3-13/h2-5,10,15-16,23H,6-9,11H2,1H3. The molecule has 0 saturated carbocycles. The summed E-state index contributed by atoms with van der Waals surface area (Å²) in [6.07, 6.45) is 3.25. The molecule has 2 aliphatic rings. The first-order valence-electron chi connectivity index (χ1n) is 9.67. The highest BCUT2D eigenvalue weighted by molar-refractivity contribution is 6.07. The second-order valence-corrected chi connectivity index (χ2v) is 7.69. The van der Waals surface area contributed by atoms with Gasteiger partial charge < -0.3 is 14.7 Å².